The van der Waals surface area contributed by atoms with E-state index >= 15 is 0 Å². The molecule has 0 unspecified atom stereocenters. The van der Waals surface area contributed by atoms with E-state index in [1.165, 1.54) is 19.2 Å². The van der Waals surface area contributed by atoms with E-state index < -0.39 is 17.8 Å². The zero-order chi connectivity index (χ0) is 26.5. The molecule has 2 heterocycles. The molecule has 0 aliphatic carbocycles. The smallest absolute Gasteiger partial charge is 0.250 e. The van der Waals surface area contributed by atoms with Gasteiger partial charge in [-0.05, 0) is 50.5 Å². The van der Waals surface area contributed by atoms with Crippen LogP contribution < -0.4 is 25.8 Å². The first-order valence-electron chi connectivity index (χ1n) is 11.4. The third kappa shape index (κ3) is 6.23. The van der Waals surface area contributed by atoms with E-state index in [1.807, 2.05) is 19.0 Å². The second kappa shape index (κ2) is 11.1. The Morgan fingerprint density at radius 2 is 1.97 bits per heavy atom. The van der Waals surface area contributed by atoms with Crippen molar-refractivity contribution < 1.29 is 23.8 Å². The van der Waals surface area contributed by atoms with Gasteiger partial charge in [-0.25, -0.2) is 4.39 Å². The number of hydrogen-bond donors (Lipinski definition) is 5. The number of fused-ring (bicyclic) bond motifs is 1. The molecule has 0 saturated heterocycles. The highest BCUT2D eigenvalue weighted by atomic mass is 19.1. The molecule has 12 heteroatoms. The number of aliphatic hydroxyl groups excluding tert-OH is 1. The van der Waals surface area contributed by atoms with Gasteiger partial charge in [0.15, 0.2) is 0 Å². The van der Waals surface area contributed by atoms with E-state index in [-0.39, 0.29) is 23.8 Å². The number of aromatic nitrogens is 3. The number of aliphatic hydroxyl groups is 1. The number of aromatic amines is 1. The molecule has 194 valence electrons. The Morgan fingerprint density at radius 1 is 1.16 bits per heavy atom. The van der Waals surface area contributed by atoms with Gasteiger partial charge < -0.3 is 40.8 Å². The van der Waals surface area contributed by atoms with E-state index in [9.17, 15) is 14.3 Å². The number of amides is 1. The van der Waals surface area contributed by atoms with Gasteiger partial charge in [-0.3, -0.25) is 4.79 Å². The average molecular weight is 510 g/mol. The third-order valence-electron chi connectivity index (χ3n) is 5.35. The first-order valence-corrected chi connectivity index (χ1v) is 11.4. The number of halogens is 1. The van der Waals surface area contributed by atoms with Crippen LogP contribution in [-0.4, -0.2) is 71.3 Å². The summed E-state index contributed by atoms with van der Waals surface area (Å²) in [5, 5.41) is 16.8. The standard InChI is InChI=1S/C25H28FN7O4/c1-33(2)12-15(34)13-37-16-5-7-21(36-3)20(11-16)30-25-31-23-18(8-9-28-23)24(32-25)29-19-10-14(26)4-6-17(19)22(27)35/h4-11,15,34H,12-13H2,1-3H3,(H2,27,35)(H3,28,29,30,31,32)/t15-/m0/s1. The predicted molar refractivity (Wildman–Crippen MR) is 138 cm³/mol. The van der Waals surface area contributed by atoms with Gasteiger partial charge in [-0.15, -0.1) is 0 Å². The number of nitrogens with one attached hydrogen (secondary N) is 3. The molecule has 11 nitrogen and oxygen atoms in total. The van der Waals surface area contributed by atoms with Gasteiger partial charge in [-0.2, -0.15) is 9.97 Å². The molecule has 0 spiro atoms. The monoisotopic (exact) mass is 509 g/mol. The van der Waals surface area contributed by atoms with Crippen LogP contribution in [0.3, 0.4) is 0 Å². The van der Waals surface area contributed by atoms with Crippen LogP contribution in [0.15, 0.2) is 48.7 Å². The maximum absolute atomic E-state index is 13.9. The van der Waals surface area contributed by atoms with E-state index in [0.717, 1.165) is 6.07 Å². The lowest BCUT2D eigenvalue weighted by Gasteiger charge is -2.18. The molecule has 4 aromatic rings. The first kappa shape index (κ1) is 25.7. The highest BCUT2D eigenvalue weighted by molar-refractivity contribution is 6.00. The number of methoxy groups -OCH3 is 1. The predicted octanol–water partition coefficient (Wildman–Crippen LogP) is 2.99. The van der Waals surface area contributed by atoms with Crippen LogP contribution in [0.2, 0.25) is 0 Å². The Hall–Kier alpha value is -4.42. The second-order valence-electron chi connectivity index (χ2n) is 8.53. The van der Waals surface area contributed by atoms with Gasteiger partial charge in [0.25, 0.3) is 5.91 Å². The second-order valence-corrected chi connectivity index (χ2v) is 8.53. The van der Waals surface area contributed by atoms with Crippen LogP contribution in [0, 0.1) is 5.82 Å². The lowest BCUT2D eigenvalue weighted by atomic mass is 10.1. The minimum absolute atomic E-state index is 0.110. The van der Waals surface area contributed by atoms with Crippen molar-refractivity contribution in [2.45, 2.75) is 6.10 Å². The molecular formula is C25H28FN7O4. The Labute approximate surface area is 212 Å². The lowest BCUT2D eigenvalue weighted by Crippen LogP contribution is -2.30. The van der Waals surface area contributed by atoms with Crippen molar-refractivity contribution >= 4 is 40.1 Å². The molecule has 1 atom stereocenters. The van der Waals surface area contributed by atoms with Crippen LogP contribution in [0.1, 0.15) is 10.4 Å². The summed E-state index contributed by atoms with van der Waals surface area (Å²) in [7, 11) is 5.26. The van der Waals surface area contributed by atoms with Gasteiger partial charge in [-0.1, -0.05) is 0 Å². The molecule has 6 N–H and O–H groups in total. The molecular weight excluding hydrogens is 481 g/mol. The summed E-state index contributed by atoms with van der Waals surface area (Å²) in [6.07, 6.45) is 1.03. The highest BCUT2D eigenvalue weighted by Gasteiger charge is 2.16. The Kier molecular flexibility index (Phi) is 7.70. The molecule has 0 radical (unpaired) electrons. The molecule has 0 fully saturated rings. The molecule has 2 aromatic heterocycles. The SMILES string of the molecule is COc1ccc(OC[C@@H](O)CN(C)C)cc1Nc1nc(Nc2cc(F)ccc2C(N)=O)c2cc[nH]c2n1. The summed E-state index contributed by atoms with van der Waals surface area (Å²) in [5.41, 5.74) is 6.75. The third-order valence-corrected chi connectivity index (χ3v) is 5.35. The number of carbonyl (C=O) groups excluding carboxylic acids is 1. The average Bonchev–Trinajstić information content (AvgIpc) is 3.31. The van der Waals surface area contributed by atoms with Crippen LogP contribution in [-0.2, 0) is 0 Å². The highest BCUT2D eigenvalue weighted by Crippen LogP contribution is 2.33. The molecule has 1 amide bonds. The lowest BCUT2D eigenvalue weighted by molar-refractivity contribution is 0.0831. The summed E-state index contributed by atoms with van der Waals surface area (Å²) < 4.78 is 25.1. The molecule has 0 saturated carbocycles. The fourth-order valence-corrected chi connectivity index (χ4v) is 3.72. The number of carbonyl (C=O) groups is 1. The Morgan fingerprint density at radius 3 is 2.70 bits per heavy atom. The molecule has 0 bridgehead atoms. The van der Waals surface area contributed by atoms with Gasteiger partial charge in [0.1, 0.15) is 41.5 Å². The first-order chi connectivity index (χ1) is 17.7. The van der Waals surface area contributed by atoms with Gasteiger partial charge in [0.2, 0.25) is 5.95 Å². The maximum atomic E-state index is 13.9. The number of benzene rings is 2. The van der Waals surface area contributed by atoms with E-state index in [4.69, 9.17) is 15.2 Å². The van der Waals surface area contributed by atoms with Gasteiger partial charge in [0, 0.05) is 18.8 Å². The molecule has 2 aromatic carbocycles. The molecule has 0 aliphatic rings. The van der Waals surface area contributed by atoms with Crippen molar-refractivity contribution in [1.29, 1.82) is 0 Å². The van der Waals surface area contributed by atoms with Gasteiger partial charge >= 0.3 is 0 Å². The van der Waals surface area contributed by atoms with Crippen LogP contribution in [0.4, 0.5) is 27.5 Å². The van der Waals surface area contributed by atoms with Crippen molar-refractivity contribution in [3.8, 4) is 11.5 Å². The molecule has 4 rings (SSSR count). The zero-order valence-electron chi connectivity index (χ0n) is 20.6. The Balaban J connectivity index is 1.64. The van der Waals surface area contributed by atoms with Gasteiger partial charge in [0.05, 0.1) is 29.4 Å². The summed E-state index contributed by atoms with van der Waals surface area (Å²) >= 11 is 0. The van der Waals surface area contributed by atoms with E-state index in [2.05, 4.69) is 25.6 Å². The summed E-state index contributed by atoms with van der Waals surface area (Å²) in [6, 6.07) is 10.5. The van der Waals surface area contributed by atoms with Crippen molar-refractivity contribution in [2.24, 2.45) is 5.73 Å². The van der Waals surface area contributed by atoms with Crippen molar-refractivity contribution in [3.05, 3.63) is 60.0 Å². The Bertz CT molecular complexity index is 1410. The number of hydrogen-bond acceptors (Lipinski definition) is 9. The number of primary amides is 1. The number of likely N-dealkylation sites (N-methyl/N-ethyl adjacent to an activating group) is 1. The van der Waals surface area contributed by atoms with E-state index in [0.29, 0.717) is 40.6 Å². The minimum Gasteiger partial charge on any atom is -0.495 e. The quantitative estimate of drug-likeness (QED) is 0.206. The summed E-state index contributed by atoms with van der Waals surface area (Å²) in [4.78, 5) is 25.8. The fraction of sp³-hybridized carbons (Fsp3) is 0.240. The maximum Gasteiger partial charge on any atom is 0.250 e. The number of anilines is 4. The van der Waals surface area contributed by atoms with Crippen molar-refractivity contribution in [1.82, 2.24) is 19.9 Å². The number of H-pyrrole nitrogens is 1. The normalized spacial score (nSPS) is 11.9. The largest absolute Gasteiger partial charge is 0.495 e. The zero-order valence-corrected chi connectivity index (χ0v) is 20.6. The minimum atomic E-state index is -0.711. The van der Waals surface area contributed by atoms with Crippen LogP contribution in [0.5, 0.6) is 11.5 Å². The van der Waals surface area contributed by atoms with E-state index in [1.54, 1.807) is 30.5 Å². The number of nitrogens with two attached hydrogens (primary N) is 1. The number of nitrogens with zero attached hydrogens (tertiary/aromatic N) is 3. The number of rotatable bonds is 11. The van der Waals surface area contributed by atoms with Crippen LogP contribution in [0.25, 0.3) is 11.0 Å². The van der Waals surface area contributed by atoms with Crippen molar-refractivity contribution in [2.75, 3.05) is 45.0 Å². The van der Waals surface area contributed by atoms with Crippen LogP contribution >= 0.6 is 0 Å². The summed E-state index contributed by atoms with van der Waals surface area (Å²) in [5.74, 6) is 0.274. The topological polar surface area (TPSA) is 151 Å². The fourth-order valence-electron chi connectivity index (χ4n) is 3.72. The number of ether oxygens (including phenoxy) is 2. The molecule has 37 heavy (non-hydrogen) atoms. The summed E-state index contributed by atoms with van der Waals surface area (Å²) in [6.45, 7) is 0.572. The molecule has 0 aliphatic heterocycles. The van der Waals surface area contributed by atoms with Crippen molar-refractivity contribution in [3.63, 3.8) is 0 Å².